The normalized spacial score (nSPS) is 14.2. The van der Waals surface area contributed by atoms with Gasteiger partial charge < -0.3 is 4.55 Å². The van der Waals surface area contributed by atoms with E-state index in [1.807, 2.05) is 46.8 Å². The first-order chi connectivity index (χ1) is 8.24. The highest BCUT2D eigenvalue weighted by Gasteiger charge is 2.26. The van der Waals surface area contributed by atoms with E-state index in [4.69, 9.17) is 5.26 Å². The van der Waals surface area contributed by atoms with Gasteiger partial charge >= 0.3 is 0 Å². The number of nitriles is 1. The fourth-order valence-electron chi connectivity index (χ4n) is 1.37. The minimum Gasteiger partial charge on any atom is -0.591 e. The first-order valence-electron chi connectivity index (χ1n) is 5.73. The van der Waals surface area contributed by atoms with Gasteiger partial charge in [0, 0.05) is 5.56 Å². The topological polar surface area (TPSA) is 59.2 Å². The van der Waals surface area contributed by atoms with Gasteiger partial charge in [-0.1, -0.05) is 4.40 Å². The second kappa shape index (κ2) is 5.55. The number of benzene rings is 1. The second-order valence-electron chi connectivity index (χ2n) is 5.24. The quantitative estimate of drug-likeness (QED) is 0.607. The zero-order chi connectivity index (χ0) is 13.9. The molecule has 0 radical (unpaired) electrons. The minimum atomic E-state index is -1.28. The summed E-state index contributed by atoms with van der Waals surface area (Å²) in [6.45, 7) is 9.41. The summed E-state index contributed by atoms with van der Waals surface area (Å²) in [5, 5.41) is 8.93. The van der Waals surface area contributed by atoms with Crippen LogP contribution < -0.4 is 0 Å². The lowest BCUT2D eigenvalue weighted by Gasteiger charge is -2.18. The third-order valence-electron chi connectivity index (χ3n) is 2.37. The molecule has 0 heterocycles. The molecule has 18 heavy (non-hydrogen) atoms. The Morgan fingerprint density at radius 3 is 2.44 bits per heavy atom. The molecule has 1 unspecified atom stereocenters. The van der Waals surface area contributed by atoms with Crippen LogP contribution in [0.15, 0.2) is 22.6 Å². The first-order valence-corrected chi connectivity index (χ1v) is 6.84. The van der Waals surface area contributed by atoms with Crippen molar-refractivity contribution in [2.75, 3.05) is 0 Å². The summed E-state index contributed by atoms with van der Waals surface area (Å²) in [5.74, 6) is 0. The molecule has 0 saturated heterocycles. The standard InChI is InChI=1S/C14H18N2OS/c1-10-6-12(9-15)8-13(7-10)11(2)16-18(17)14(3,4)5/h6-8H,1-5H3/b16-11+. The molecule has 3 nitrogen and oxygen atoms in total. The average molecular weight is 262 g/mol. The van der Waals surface area contributed by atoms with Gasteiger partial charge in [0.25, 0.3) is 0 Å². The molecule has 0 aliphatic rings. The van der Waals surface area contributed by atoms with Crippen molar-refractivity contribution in [3.05, 3.63) is 34.9 Å². The van der Waals surface area contributed by atoms with Gasteiger partial charge in [0.2, 0.25) is 0 Å². The number of aryl methyl sites for hydroxylation is 1. The lowest BCUT2D eigenvalue weighted by molar-refractivity contribution is 0.561. The van der Waals surface area contributed by atoms with E-state index >= 15 is 0 Å². The van der Waals surface area contributed by atoms with Gasteiger partial charge in [0.15, 0.2) is 0 Å². The van der Waals surface area contributed by atoms with Crippen molar-refractivity contribution in [2.45, 2.75) is 39.4 Å². The maximum absolute atomic E-state index is 11.9. The van der Waals surface area contributed by atoms with Crippen LogP contribution in [0.4, 0.5) is 0 Å². The molecule has 0 bridgehead atoms. The molecular weight excluding hydrogens is 244 g/mol. The van der Waals surface area contributed by atoms with Crippen molar-refractivity contribution >= 4 is 17.1 Å². The monoisotopic (exact) mass is 262 g/mol. The van der Waals surface area contributed by atoms with Gasteiger partial charge in [0.05, 0.1) is 17.3 Å². The van der Waals surface area contributed by atoms with Crippen molar-refractivity contribution in [1.82, 2.24) is 0 Å². The SMILES string of the molecule is C/C(=N\[S+]([O-])C(C)(C)C)c1cc(C)cc(C#N)c1. The predicted octanol–water partition coefficient (Wildman–Crippen LogP) is 3.14. The van der Waals surface area contributed by atoms with Crippen LogP contribution in [0.1, 0.15) is 44.4 Å². The smallest absolute Gasteiger partial charge is 0.144 e. The summed E-state index contributed by atoms with van der Waals surface area (Å²) in [4.78, 5) is 0. The van der Waals surface area contributed by atoms with Crippen molar-refractivity contribution in [1.29, 1.82) is 5.26 Å². The molecule has 1 atom stereocenters. The van der Waals surface area contributed by atoms with Crippen LogP contribution in [0.25, 0.3) is 0 Å². The zero-order valence-electron chi connectivity index (χ0n) is 11.4. The van der Waals surface area contributed by atoms with E-state index in [9.17, 15) is 4.55 Å². The molecule has 0 fully saturated rings. The Bertz CT molecular complexity index is 510. The third kappa shape index (κ3) is 3.86. The van der Waals surface area contributed by atoms with Crippen LogP contribution in [0.5, 0.6) is 0 Å². The van der Waals surface area contributed by atoms with Crippen molar-refractivity contribution < 1.29 is 4.55 Å². The van der Waals surface area contributed by atoms with E-state index in [0.29, 0.717) is 11.3 Å². The fourth-order valence-corrected chi connectivity index (χ4v) is 2.00. The number of hydrogen-bond acceptors (Lipinski definition) is 3. The molecule has 1 aromatic rings. The Hall–Kier alpha value is -1.31. The number of rotatable bonds is 2. The number of hydrogen-bond donors (Lipinski definition) is 0. The molecule has 0 N–H and O–H groups in total. The zero-order valence-corrected chi connectivity index (χ0v) is 12.3. The molecule has 96 valence electrons. The Morgan fingerprint density at radius 2 is 1.94 bits per heavy atom. The van der Waals surface area contributed by atoms with Crippen LogP contribution in [0, 0.1) is 18.3 Å². The highest BCUT2D eigenvalue weighted by molar-refractivity contribution is 7.91. The fraction of sp³-hybridized carbons (Fsp3) is 0.429. The molecule has 0 spiro atoms. The average Bonchev–Trinajstić information content (AvgIpc) is 2.26. The van der Waals surface area contributed by atoms with Crippen LogP contribution in [-0.2, 0) is 11.4 Å². The van der Waals surface area contributed by atoms with E-state index in [2.05, 4.69) is 10.5 Å². The van der Waals surface area contributed by atoms with Crippen molar-refractivity contribution in [3.63, 3.8) is 0 Å². The van der Waals surface area contributed by atoms with Gasteiger partial charge in [-0.2, -0.15) is 5.26 Å². The molecule has 0 aliphatic heterocycles. The molecule has 1 rings (SSSR count). The van der Waals surface area contributed by atoms with Crippen LogP contribution >= 0.6 is 0 Å². The van der Waals surface area contributed by atoms with Crippen molar-refractivity contribution in [2.24, 2.45) is 4.40 Å². The van der Waals surface area contributed by atoms with Crippen LogP contribution in [-0.4, -0.2) is 15.0 Å². The van der Waals surface area contributed by atoms with E-state index in [0.717, 1.165) is 11.1 Å². The third-order valence-corrected chi connectivity index (χ3v) is 3.86. The second-order valence-corrected chi connectivity index (χ2v) is 7.14. The van der Waals surface area contributed by atoms with Crippen LogP contribution in [0.2, 0.25) is 0 Å². The van der Waals surface area contributed by atoms with Crippen molar-refractivity contribution in [3.8, 4) is 6.07 Å². The minimum absolute atomic E-state index is 0.372. The molecule has 0 aliphatic carbocycles. The Labute approximate surface area is 112 Å². The predicted molar refractivity (Wildman–Crippen MR) is 76.0 cm³/mol. The van der Waals surface area contributed by atoms with E-state index < -0.39 is 11.4 Å². The Balaban J connectivity index is 3.12. The number of nitrogens with zero attached hydrogens (tertiary/aromatic N) is 2. The van der Waals surface area contributed by atoms with Gasteiger partial charge in [-0.15, -0.1) is 0 Å². The lowest BCUT2D eigenvalue weighted by atomic mass is 10.0. The van der Waals surface area contributed by atoms with E-state index in [1.54, 1.807) is 6.07 Å². The van der Waals surface area contributed by atoms with Gasteiger partial charge in [-0.3, -0.25) is 0 Å². The Morgan fingerprint density at radius 1 is 1.33 bits per heavy atom. The summed E-state index contributed by atoms with van der Waals surface area (Å²) in [5.41, 5.74) is 3.15. The Kier molecular flexibility index (Phi) is 4.55. The highest BCUT2D eigenvalue weighted by Crippen LogP contribution is 2.19. The molecule has 1 aromatic carbocycles. The first kappa shape index (κ1) is 14.7. The maximum Gasteiger partial charge on any atom is 0.144 e. The highest BCUT2D eigenvalue weighted by atomic mass is 32.2. The molecular formula is C14H18N2OS. The largest absolute Gasteiger partial charge is 0.591 e. The van der Waals surface area contributed by atoms with Crippen LogP contribution in [0.3, 0.4) is 0 Å². The van der Waals surface area contributed by atoms with Gasteiger partial charge in [-0.05, 0) is 58.4 Å². The summed E-state index contributed by atoms with van der Waals surface area (Å²) >= 11 is -1.28. The molecule has 0 saturated carbocycles. The van der Waals surface area contributed by atoms with E-state index in [-0.39, 0.29) is 4.75 Å². The summed E-state index contributed by atoms with van der Waals surface area (Å²) < 4.78 is 15.8. The van der Waals surface area contributed by atoms with Gasteiger partial charge in [-0.25, -0.2) is 0 Å². The molecule has 4 heteroatoms. The van der Waals surface area contributed by atoms with Gasteiger partial charge in [0.1, 0.15) is 16.1 Å². The summed E-state index contributed by atoms with van der Waals surface area (Å²) in [7, 11) is 0. The lowest BCUT2D eigenvalue weighted by Crippen LogP contribution is -2.26. The molecule has 0 aromatic heterocycles. The summed E-state index contributed by atoms with van der Waals surface area (Å²) in [6.07, 6.45) is 0. The van der Waals surface area contributed by atoms with E-state index in [1.165, 1.54) is 0 Å². The summed E-state index contributed by atoms with van der Waals surface area (Å²) in [6, 6.07) is 7.65. The maximum atomic E-state index is 11.9. The molecule has 0 amide bonds.